The number of hydrogen-bond acceptors (Lipinski definition) is 5. The molecule has 0 amide bonds. The fourth-order valence-corrected chi connectivity index (χ4v) is 3.60. The fraction of sp³-hybridized carbons (Fsp3) is 0.636. The van der Waals surface area contributed by atoms with E-state index in [9.17, 15) is 13.2 Å². The molecule has 1 aliphatic rings. The summed E-state index contributed by atoms with van der Waals surface area (Å²) in [5.74, 6) is 1.08. The van der Waals surface area contributed by atoms with Crippen LogP contribution in [0.5, 0.6) is 0 Å². The molecule has 2 heterocycles. The lowest BCUT2D eigenvalue weighted by molar-refractivity contribution is 0.112. The molecule has 1 aliphatic heterocycles. The Morgan fingerprint density at radius 1 is 1.28 bits per heavy atom. The van der Waals surface area contributed by atoms with Crippen molar-refractivity contribution in [1.82, 2.24) is 9.78 Å². The Kier molecular flexibility index (Phi) is 3.43. The van der Waals surface area contributed by atoms with Crippen molar-refractivity contribution in [2.24, 2.45) is 7.05 Å². The van der Waals surface area contributed by atoms with E-state index in [0.717, 1.165) is 12.1 Å². The van der Waals surface area contributed by atoms with E-state index in [-0.39, 0.29) is 11.5 Å². The Morgan fingerprint density at radius 2 is 2.00 bits per heavy atom. The van der Waals surface area contributed by atoms with Crippen LogP contribution in [0.1, 0.15) is 22.5 Å². The molecule has 1 saturated heterocycles. The maximum Gasteiger partial charge on any atom is 0.155 e. The van der Waals surface area contributed by atoms with Crippen molar-refractivity contribution >= 4 is 21.9 Å². The lowest BCUT2D eigenvalue weighted by Gasteiger charge is -2.22. The van der Waals surface area contributed by atoms with Crippen molar-refractivity contribution in [1.29, 1.82) is 0 Å². The van der Waals surface area contributed by atoms with Crippen molar-refractivity contribution in [3.05, 3.63) is 11.3 Å². The molecule has 0 radical (unpaired) electrons. The first-order chi connectivity index (χ1) is 8.44. The van der Waals surface area contributed by atoms with Crippen LogP contribution in [0, 0.1) is 6.92 Å². The molecule has 18 heavy (non-hydrogen) atoms. The molecule has 0 bridgehead atoms. The van der Waals surface area contributed by atoms with Crippen LogP contribution in [0.2, 0.25) is 0 Å². The SMILES string of the molecule is Cc1nn(C)c(N2CCCS(=O)(=O)CC2)c1C=O. The molecule has 0 aliphatic carbocycles. The number of rotatable bonds is 2. The first-order valence-electron chi connectivity index (χ1n) is 5.89. The minimum Gasteiger partial charge on any atom is -0.355 e. The number of anilines is 1. The second-order valence-electron chi connectivity index (χ2n) is 4.56. The first-order valence-corrected chi connectivity index (χ1v) is 7.71. The molecule has 0 spiro atoms. The Morgan fingerprint density at radius 3 is 2.67 bits per heavy atom. The Bertz CT molecular complexity index is 562. The van der Waals surface area contributed by atoms with Crippen LogP contribution < -0.4 is 4.90 Å². The van der Waals surface area contributed by atoms with Gasteiger partial charge in [0.1, 0.15) is 5.82 Å². The van der Waals surface area contributed by atoms with Crippen molar-refractivity contribution < 1.29 is 13.2 Å². The standard InChI is InChI=1S/C11H17N3O3S/c1-9-10(8-15)11(13(2)12-9)14-4-3-6-18(16,17)7-5-14/h8H,3-7H2,1-2H3. The molecule has 7 heteroatoms. The minimum absolute atomic E-state index is 0.134. The lowest BCUT2D eigenvalue weighted by Crippen LogP contribution is -2.29. The summed E-state index contributed by atoms with van der Waals surface area (Å²) in [6.07, 6.45) is 1.38. The summed E-state index contributed by atoms with van der Waals surface area (Å²) >= 11 is 0. The van der Waals surface area contributed by atoms with E-state index < -0.39 is 9.84 Å². The third kappa shape index (κ3) is 2.40. The summed E-state index contributed by atoms with van der Waals surface area (Å²) in [6, 6.07) is 0. The Hall–Kier alpha value is -1.37. The second-order valence-corrected chi connectivity index (χ2v) is 6.86. The molecule has 0 atom stereocenters. The molecule has 1 aromatic heterocycles. The van der Waals surface area contributed by atoms with Gasteiger partial charge >= 0.3 is 0 Å². The maximum absolute atomic E-state index is 11.6. The van der Waals surface area contributed by atoms with Gasteiger partial charge in [0.2, 0.25) is 0 Å². The zero-order valence-electron chi connectivity index (χ0n) is 10.6. The molecule has 2 rings (SSSR count). The molecule has 0 N–H and O–H groups in total. The van der Waals surface area contributed by atoms with Gasteiger partial charge in [0, 0.05) is 20.1 Å². The van der Waals surface area contributed by atoms with Crippen molar-refractivity contribution in [3.8, 4) is 0 Å². The van der Waals surface area contributed by atoms with Crippen LogP contribution in [-0.4, -0.2) is 49.1 Å². The zero-order valence-corrected chi connectivity index (χ0v) is 11.4. The summed E-state index contributed by atoms with van der Waals surface area (Å²) in [4.78, 5) is 13.1. The highest BCUT2D eigenvalue weighted by molar-refractivity contribution is 7.91. The minimum atomic E-state index is -2.95. The molecule has 100 valence electrons. The number of aldehydes is 1. The van der Waals surface area contributed by atoms with E-state index in [2.05, 4.69) is 5.10 Å². The molecule has 1 fully saturated rings. The molecule has 0 aromatic carbocycles. The highest BCUT2D eigenvalue weighted by atomic mass is 32.2. The van der Waals surface area contributed by atoms with Gasteiger partial charge < -0.3 is 4.90 Å². The monoisotopic (exact) mass is 271 g/mol. The zero-order chi connectivity index (χ0) is 13.3. The third-order valence-corrected chi connectivity index (χ3v) is 4.93. The Balaban J connectivity index is 2.34. The molecular weight excluding hydrogens is 254 g/mol. The summed E-state index contributed by atoms with van der Waals surface area (Å²) in [5.41, 5.74) is 1.23. The predicted octanol–water partition coefficient (Wildman–Crippen LogP) is 0.166. The van der Waals surface area contributed by atoms with Crippen molar-refractivity contribution in [2.45, 2.75) is 13.3 Å². The van der Waals surface area contributed by atoms with E-state index >= 15 is 0 Å². The molecular formula is C11H17N3O3S. The van der Waals surface area contributed by atoms with Crippen LogP contribution in [0.3, 0.4) is 0 Å². The lowest BCUT2D eigenvalue weighted by atomic mass is 10.2. The van der Waals surface area contributed by atoms with Gasteiger partial charge in [-0.1, -0.05) is 0 Å². The van der Waals surface area contributed by atoms with Crippen molar-refractivity contribution in [3.63, 3.8) is 0 Å². The largest absolute Gasteiger partial charge is 0.355 e. The Labute approximate surface area is 106 Å². The number of aryl methyl sites for hydroxylation is 2. The number of nitrogens with zero attached hydrogens (tertiary/aromatic N) is 3. The average Bonchev–Trinajstić information content (AvgIpc) is 2.45. The number of aromatic nitrogens is 2. The highest BCUT2D eigenvalue weighted by Gasteiger charge is 2.24. The predicted molar refractivity (Wildman–Crippen MR) is 68.8 cm³/mol. The van der Waals surface area contributed by atoms with E-state index in [1.54, 1.807) is 18.7 Å². The van der Waals surface area contributed by atoms with Gasteiger partial charge in [0.05, 0.1) is 22.8 Å². The second kappa shape index (κ2) is 4.72. The van der Waals surface area contributed by atoms with Gasteiger partial charge in [0.15, 0.2) is 16.1 Å². The number of carbonyl (C=O) groups is 1. The molecule has 6 nitrogen and oxygen atoms in total. The van der Waals surface area contributed by atoms with E-state index in [4.69, 9.17) is 0 Å². The summed E-state index contributed by atoms with van der Waals surface area (Å²) < 4.78 is 24.8. The quantitative estimate of drug-likeness (QED) is 0.717. The third-order valence-electron chi connectivity index (χ3n) is 3.21. The van der Waals surface area contributed by atoms with Crippen LogP contribution >= 0.6 is 0 Å². The fourth-order valence-electron chi connectivity index (χ4n) is 2.33. The number of sulfone groups is 1. The van der Waals surface area contributed by atoms with Crippen LogP contribution in [0.15, 0.2) is 0 Å². The van der Waals surface area contributed by atoms with E-state index in [1.807, 2.05) is 4.90 Å². The summed E-state index contributed by atoms with van der Waals surface area (Å²) in [6.45, 7) is 2.84. The normalized spacial score (nSPS) is 19.6. The summed E-state index contributed by atoms with van der Waals surface area (Å²) in [7, 11) is -1.17. The maximum atomic E-state index is 11.6. The summed E-state index contributed by atoms with van der Waals surface area (Å²) in [5, 5.41) is 4.22. The first kappa shape index (κ1) is 13.1. The van der Waals surface area contributed by atoms with Gasteiger partial charge in [-0.15, -0.1) is 0 Å². The van der Waals surface area contributed by atoms with Crippen LogP contribution in [0.4, 0.5) is 5.82 Å². The van der Waals surface area contributed by atoms with Gasteiger partial charge in [-0.3, -0.25) is 9.48 Å². The smallest absolute Gasteiger partial charge is 0.155 e. The van der Waals surface area contributed by atoms with Gasteiger partial charge in [-0.25, -0.2) is 8.42 Å². The number of hydrogen-bond donors (Lipinski definition) is 0. The molecule has 0 saturated carbocycles. The van der Waals surface area contributed by atoms with Crippen molar-refractivity contribution in [2.75, 3.05) is 29.5 Å². The van der Waals surface area contributed by atoms with E-state index in [0.29, 0.717) is 30.8 Å². The van der Waals surface area contributed by atoms with Crippen LogP contribution in [-0.2, 0) is 16.9 Å². The topological polar surface area (TPSA) is 72.3 Å². The van der Waals surface area contributed by atoms with Gasteiger partial charge in [-0.05, 0) is 13.3 Å². The molecule has 1 aromatic rings. The van der Waals surface area contributed by atoms with Crippen LogP contribution in [0.25, 0.3) is 0 Å². The highest BCUT2D eigenvalue weighted by Crippen LogP contribution is 2.23. The van der Waals surface area contributed by atoms with Gasteiger partial charge in [-0.2, -0.15) is 5.10 Å². The van der Waals surface area contributed by atoms with E-state index in [1.165, 1.54) is 0 Å². The number of carbonyl (C=O) groups excluding carboxylic acids is 1. The average molecular weight is 271 g/mol. The van der Waals surface area contributed by atoms with Gasteiger partial charge in [0.25, 0.3) is 0 Å². The molecule has 0 unspecified atom stereocenters.